The van der Waals surface area contributed by atoms with Gasteiger partial charge in [-0.3, -0.25) is 10.5 Å². The number of ether oxygens (including phenoxy) is 1. The maximum Gasteiger partial charge on any atom is 0.233 e. The van der Waals surface area contributed by atoms with Crippen LogP contribution in [0.3, 0.4) is 0 Å². The lowest BCUT2D eigenvalue weighted by molar-refractivity contribution is 0.389. The van der Waals surface area contributed by atoms with Crippen molar-refractivity contribution in [2.75, 3.05) is 7.11 Å². The summed E-state index contributed by atoms with van der Waals surface area (Å²) in [4.78, 5) is 0. The maximum atomic E-state index is 6.15. The lowest BCUT2D eigenvalue weighted by Gasteiger charge is -2.17. The topological polar surface area (TPSA) is 90.9 Å². The molecule has 0 saturated heterocycles. The molecule has 0 radical (unpaired) electrons. The first kappa shape index (κ1) is 13.7. The van der Waals surface area contributed by atoms with Gasteiger partial charge in [-0.2, -0.15) is 5.10 Å². The molecule has 0 amide bonds. The third kappa shape index (κ3) is 2.67. The molecular formula is C11H15ClN6O. The van der Waals surface area contributed by atoms with Crippen molar-refractivity contribution in [1.29, 1.82) is 0 Å². The number of hydrogen-bond donors (Lipinski definition) is 2. The van der Waals surface area contributed by atoms with Gasteiger partial charge in [-0.15, -0.1) is 10.2 Å². The van der Waals surface area contributed by atoms with E-state index >= 15 is 0 Å². The second-order valence-corrected chi connectivity index (χ2v) is 4.20. The van der Waals surface area contributed by atoms with Gasteiger partial charge in [-0.1, -0.05) is 11.6 Å². The van der Waals surface area contributed by atoms with E-state index < -0.39 is 0 Å². The highest BCUT2D eigenvalue weighted by Gasteiger charge is 2.22. The molecule has 1 atom stereocenters. The molecule has 0 fully saturated rings. The van der Waals surface area contributed by atoms with Crippen molar-refractivity contribution in [3.63, 3.8) is 0 Å². The standard InChI is InChI=1S/C11H15ClN6O/c1-3-18-11(7(12)6-14-18)10(15-13)8-4-5-9(19-2)17-16-8/h4-6,10,15H,3,13H2,1-2H3. The average Bonchev–Trinajstić information content (AvgIpc) is 2.82. The van der Waals surface area contributed by atoms with Crippen molar-refractivity contribution in [2.24, 2.45) is 5.84 Å². The summed E-state index contributed by atoms with van der Waals surface area (Å²) in [6.45, 7) is 2.66. The lowest BCUT2D eigenvalue weighted by atomic mass is 10.1. The average molecular weight is 283 g/mol. The van der Waals surface area contributed by atoms with E-state index in [1.807, 2.05) is 6.92 Å². The summed E-state index contributed by atoms with van der Waals surface area (Å²) >= 11 is 6.15. The van der Waals surface area contributed by atoms with E-state index in [1.165, 1.54) is 7.11 Å². The Bertz CT molecular complexity index is 541. The van der Waals surface area contributed by atoms with Crippen LogP contribution in [0.1, 0.15) is 24.4 Å². The maximum absolute atomic E-state index is 6.15. The second kappa shape index (κ2) is 5.96. The Hall–Kier alpha value is -1.70. The number of methoxy groups -OCH3 is 1. The van der Waals surface area contributed by atoms with Crippen LogP contribution in [0, 0.1) is 0 Å². The van der Waals surface area contributed by atoms with Crippen molar-refractivity contribution in [3.05, 3.63) is 34.7 Å². The highest BCUT2D eigenvalue weighted by molar-refractivity contribution is 6.31. The predicted molar refractivity (Wildman–Crippen MR) is 70.7 cm³/mol. The summed E-state index contributed by atoms with van der Waals surface area (Å²) in [5, 5.41) is 12.7. The van der Waals surface area contributed by atoms with Gasteiger partial charge in [0.25, 0.3) is 0 Å². The van der Waals surface area contributed by atoms with E-state index in [0.29, 0.717) is 23.1 Å². The fourth-order valence-electron chi connectivity index (χ4n) is 1.81. The van der Waals surface area contributed by atoms with Crippen LogP contribution in [0.25, 0.3) is 0 Å². The molecule has 0 bridgehead atoms. The summed E-state index contributed by atoms with van der Waals surface area (Å²) in [6.07, 6.45) is 1.59. The van der Waals surface area contributed by atoms with E-state index in [2.05, 4.69) is 20.7 Å². The van der Waals surface area contributed by atoms with E-state index in [-0.39, 0.29) is 6.04 Å². The molecule has 7 nitrogen and oxygen atoms in total. The van der Waals surface area contributed by atoms with Crippen molar-refractivity contribution >= 4 is 11.6 Å². The molecule has 0 saturated carbocycles. The zero-order chi connectivity index (χ0) is 13.8. The third-order valence-corrected chi connectivity index (χ3v) is 3.03. The van der Waals surface area contributed by atoms with Gasteiger partial charge in [0.05, 0.1) is 29.7 Å². The zero-order valence-corrected chi connectivity index (χ0v) is 11.4. The van der Waals surface area contributed by atoms with E-state index in [1.54, 1.807) is 23.0 Å². The van der Waals surface area contributed by atoms with E-state index in [4.69, 9.17) is 22.2 Å². The molecule has 2 aromatic heterocycles. The molecule has 1 unspecified atom stereocenters. The number of nitrogens with two attached hydrogens (primary N) is 1. The Morgan fingerprint density at radius 2 is 2.26 bits per heavy atom. The summed E-state index contributed by atoms with van der Waals surface area (Å²) in [6, 6.07) is 3.11. The Balaban J connectivity index is 2.40. The fourth-order valence-corrected chi connectivity index (χ4v) is 2.06. The summed E-state index contributed by atoms with van der Waals surface area (Å²) < 4.78 is 6.74. The number of aryl methyl sites for hydroxylation is 1. The van der Waals surface area contributed by atoms with Crippen LogP contribution in [0.4, 0.5) is 0 Å². The number of halogens is 1. The Labute approximate surface area is 115 Å². The number of rotatable bonds is 5. The molecule has 0 aliphatic heterocycles. The number of hydrogen-bond acceptors (Lipinski definition) is 6. The first-order valence-electron chi connectivity index (χ1n) is 5.76. The van der Waals surface area contributed by atoms with Gasteiger partial charge in [-0.05, 0) is 13.0 Å². The minimum atomic E-state index is -0.381. The van der Waals surface area contributed by atoms with E-state index in [9.17, 15) is 0 Å². The molecule has 2 heterocycles. The van der Waals surface area contributed by atoms with Gasteiger partial charge < -0.3 is 4.74 Å². The number of nitrogens with one attached hydrogen (secondary N) is 1. The van der Waals surface area contributed by atoms with Crippen LogP contribution >= 0.6 is 11.6 Å². The van der Waals surface area contributed by atoms with Crippen molar-refractivity contribution < 1.29 is 4.74 Å². The predicted octanol–water partition coefficient (Wildman–Crippen LogP) is 0.908. The molecule has 19 heavy (non-hydrogen) atoms. The first-order chi connectivity index (χ1) is 9.21. The van der Waals surface area contributed by atoms with Crippen molar-refractivity contribution in [1.82, 2.24) is 25.4 Å². The molecule has 8 heteroatoms. The number of nitrogens with zero attached hydrogens (tertiary/aromatic N) is 4. The van der Waals surface area contributed by atoms with Crippen LogP contribution in [-0.4, -0.2) is 27.1 Å². The quantitative estimate of drug-likeness (QED) is 0.626. The van der Waals surface area contributed by atoms with Gasteiger partial charge in [-0.25, -0.2) is 5.43 Å². The van der Waals surface area contributed by atoms with Gasteiger partial charge in [0.15, 0.2) is 0 Å². The minimum absolute atomic E-state index is 0.381. The largest absolute Gasteiger partial charge is 0.480 e. The zero-order valence-electron chi connectivity index (χ0n) is 10.7. The molecule has 0 spiro atoms. The monoisotopic (exact) mass is 282 g/mol. The fraction of sp³-hybridized carbons (Fsp3) is 0.364. The summed E-state index contributed by atoms with van der Waals surface area (Å²) in [7, 11) is 1.53. The van der Waals surface area contributed by atoms with Gasteiger partial charge >= 0.3 is 0 Å². The molecule has 0 aliphatic carbocycles. The smallest absolute Gasteiger partial charge is 0.233 e. The molecular weight excluding hydrogens is 268 g/mol. The molecule has 3 N–H and O–H groups in total. The third-order valence-electron chi connectivity index (χ3n) is 2.74. The Morgan fingerprint density at radius 1 is 1.47 bits per heavy atom. The van der Waals surface area contributed by atoms with Crippen LogP contribution in [-0.2, 0) is 6.54 Å². The summed E-state index contributed by atoms with van der Waals surface area (Å²) in [5.74, 6) is 6.05. The summed E-state index contributed by atoms with van der Waals surface area (Å²) in [5.41, 5.74) is 4.08. The number of hydrazine groups is 1. The Morgan fingerprint density at radius 3 is 2.79 bits per heavy atom. The van der Waals surface area contributed by atoms with E-state index in [0.717, 1.165) is 5.69 Å². The van der Waals surface area contributed by atoms with Crippen molar-refractivity contribution in [2.45, 2.75) is 19.5 Å². The van der Waals surface area contributed by atoms with Crippen molar-refractivity contribution in [3.8, 4) is 5.88 Å². The van der Waals surface area contributed by atoms with Crippen LogP contribution in [0.2, 0.25) is 5.02 Å². The molecule has 0 aliphatic rings. The molecule has 0 aromatic carbocycles. The SMILES string of the molecule is CCn1ncc(Cl)c1C(NN)c1ccc(OC)nn1. The van der Waals surface area contributed by atoms with Crippen LogP contribution < -0.4 is 16.0 Å². The van der Waals surface area contributed by atoms with Gasteiger partial charge in [0.2, 0.25) is 5.88 Å². The highest BCUT2D eigenvalue weighted by atomic mass is 35.5. The lowest BCUT2D eigenvalue weighted by Crippen LogP contribution is -2.31. The molecule has 102 valence electrons. The van der Waals surface area contributed by atoms with Crippen LogP contribution in [0.15, 0.2) is 18.3 Å². The van der Waals surface area contributed by atoms with Gasteiger partial charge in [0, 0.05) is 12.6 Å². The van der Waals surface area contributed by atoms with Crippen LogP contribution in [0.5, 0.6) is 5.88 Å². The minimum Gasteiger partial charge on any atom is -0.480 e. The first-order valence-corrected chi connectivity index (χ1v) is 6.14. The second-order valence-electron chi connectivity index (χ2n) is 3.79. The van der Waals surface area contributed by atoms with Gasteiger partial charge in [0.1, 0.15) is 6.04 Å². The molecule has 2 rings (SSSR count). The normalized spacial score (nSPS) is 12.4. The molecule has 2 aromatic rings. The number of aromatic nitrogens is 4. The highest BCUT2D eigenvalue weighted by Crippen LogP contribution is 2.26. The Kier molecular flexibility index (Phi) is 4.31.